The van der Waals surface area contributed by atoms with E-state index >= 15 is 0 Å². The SMILES string of the molecule is Cn1nc(-c2ccc(Cl)cc2)c2c1NCCSC2c1ccc(Cl)cc1Cl. The van der Waals surface area contributed by atoms with Crippen LogP contribution < -0.4 is 5.32 Å². The molecule has 2 heterocycles. The van der Waals surface area contributed by atoms with Crippen LogP contribution in [0.5, 0.6) is 0 Å². The van der Waals surface area contributed by atoms with Crippen molar-refractivity contribution in [3.05, 3.63) is 68.7 Å². The van der Waals surface area contributed by atoms with Crippen LogP contribution in [0.3, 0.4) is 0 Å². The number of benzene rings is 2. The second kappa shape index (κ2) is 7.35. The number of fused-ring (bicyclic) bond motifs is 1. The molecule has 1 N–H and O–H groups in total. The number of halogens is 3. The van der Waals surface area contributed by atoms with Crippen molar-refractivity contribution in [2.75, 3.05) is 17.6 Å². The molecule has 1 aromatic heterocycles. The van der Waals surface area contributed by atoms with Gasteiger partial charge < -0.3 is 5.32 Å². The lowest BCUT2D eigenvalue weighted by Gasteiger charge is -2.18. The predicted octanol–water partition coefficient (Wildman–Crippen LogP) is 6.30. The van der Waals surface area contributed by atoms with Gasteiger partial charge in [0, 0.05) is 45.5 Å². The Balaban J connectivity index is 1.91. The van der Waals surface area contributed by atoms with Crippen molar-refractivity contribution in [3.8, 4) is 11.3 Å². The second-order valence-electron chi connectivity index (χ2n) is 6.08. The van der Waals surface area contributed by atoms with Crippen molar-refractivity contribution in [1.82, 2.24) is 9.78 Å². The highest BCUT2D eigenvalue weighted by Crippen LogP contribution is 2.47. The lowest BCUT2D eigenvalue weighted by Crippen LogP contribution is -2.06. The lowest BCUT2D eigenvalue weighted by atomic mass is 10.00. The van der Waals surface area contributed by atoms with Crippen molar-refractivity contribution < 1.29 is 0 Å². The van der Waals surface area contributed by atoms with Gasteiger partial charge in [0.2, 0.25) is 0 Å². The minimum absolute atomic E-state index is 0.0733. The molecule has 0 amide bonds. The molecule has 0 radical (unpaired) electrons. The van der Waals surface area contributed by atoms with E-state index in [1.54, 1.807) is 6.07 Å². The van der Waals surface area contributed by atoms with Gasteiger partial charge in [-0.15, -0.1) is 11.8 Å². The number of hydrogen-bond acceptors (Lipinski definition) is 3. The zero-order valence-corrected chi connectivity index (χ0v) is 17.1. The van der Waals surface area contributed by atoms with Gasteiger partial charge in [-0.3, -0.25) is 4.68 Å². The normalized spacial score (nSPS) is 16.7. The Morgan fingerprint density at radius 2 is 1.81 bits per heavy atom. The van der Waals surface area contributed by atoms with Crippen molar-refractivity contribution in [1.29, 1.82) is 0 Å². The summed E-state index contributed by atoms with van der Waals surface area (Å²) in [4.78, 5) is 0. The minimum atomic E-state index is 0.0733. The molecule has 0 fully saturated rings. The molecule has 4 rings (SSSR count). The highest BCUT2D eigenvalue weighted by Gasteiger charge is 2.30. The number of anilines is 1. The van der Waals surface area contributed by atoms with E-state index in [0.717, 1.165) is 40.5 Å². The van der Waals surface area contributed by atoms with Crippen molar-refractivity contribution in [3.63, 3.8) is 0 Å². The van der Waals surface area contributed by atoms with E-state index in [-0.39, 0.29) is 5.25 Å². The fourth-order valence-electron chi connectivity index (χ4n) is 3.21. The molecule has 1 aliphatic rings. The summed E-state index contributed by atoms with van der Waals surface area (Å²) in [5, 5.41) is 10.4. The Labute approximate surface area is 171 Å². The van der Waals surface area contributed by atoms with E-state index in [9.17, 15) is 0 Å². The summed E-state index contributed by atoms with van der Waals surface area (Å²) in [6.45, 7) is 0.874. The summed E-state index contributed by atoms with van der Waals surface area (Å²) in [7, 11) is 1.96. The molecular weight excluding hydrogens is 409 g/mol. The molecule has 2 aromatic carbocycles. The number of aryl methyl sites for hydroxylation is 1. The molecule has 0 saturated heterocycles. The maximum Gasteiger partial charge on any atom is 0.129 e. The maximum atomic E-state index is 6.55. The third-order valence-corrected chi connectivity index (χ3v) is 6.46. The molecule has 1 unspecified atom stereocenters. The quantitative estimate of drug-likeness (QED) is 0.524. The zero-order chi connectivity index (χ0) is 18.3. The topological polar surface area (TPSA) is 29.9 Å². The van der Waals surface area contributed by atoms with Gasteiger partial charge in [0.25, 0.3) is 0 Å². The Hall–Kier alpha value is -1.33. The molecule has 1 atom stereocenters. The van der Waals surface area contributed by atoms with Gasteiger partial charge in [-0.1, -0.05) is 53.0 Å². The molecule has 0 aliphatic carbocycles. The van der Waals surface area contributed by atoms with Gasteiger partial charge in [0.1, 0.15) is 5.82 Å². The number of thioether (sulfide) groups is 1. The summed E-state index contributed by atoms with van der Waals surface area (Å²) in [5.74, 6) is 1.99. The van der Waals surface area contributed by atoms with Crippen LogP contribution >= 0.6 is 46.6 Å². The van der Waals surface area contributed by atoms with E-state index in [1.807, 2.05) is 59.9 Å². The molecule has 0 spiro atoms. The van der Waals surface area contributed by atoms with Crippen LogP contribution in [0.25, 0.3) is 11.3 Å². The second-order valence-corrected chi connectivity index (χ2v) is 8.58. The monoisotopic (exact) mass is 423 g/mol. The summed E-state index contributed by atoms with van der Waals surface area (Å²) in [5.41, 5.74) is 4.17. The van der Waals surface area contributed by atoms with Gasteiger partial charge in [0.05, 0.1) is 10.9 Å². The Bertz CT molecular complexity index is 953. The summed E-state index contributed by atoms with van der Waals surface area (Å²) >= 11 is 20.6. The van der Waals surface area contributed by atoms with Crippen molar-refractivity contribution in [2.24, 2.45) is 7.05 Å². The third kappa shape index (κ3) is 3.31. The van der Waals surface area contributed by atoms with Crippen LogP contribution in [0.4, 0.5) is 5.82 Å². The largest absolute Gasteiger partial charge is 0.369 e. The highest BCUT2D eigenvalue weighted by molar-refractivity contribution is 7.99. The van der Waals surface area contributed by atoms with Crippen LogP contribution in [0.15, 0.2) is 42.5 Å². The fraction of sp³-hybridized carbons (Fsp3) is 0.211. The van der Waals surface area contributed by atoms with Crippen LogP contribution in [0, 0.1) is 0 Å². The number of aromatic nitrogens is 2. The average Bonchev–Trinajstić information content (AvgIpc) is 2.79. The Morgan fingerprint density at radius 1 is 1.08 bits per heavy atom. The number of nitrogens with zero attached hydrogens (tertiary/aromatic N) is 2. The van der Waals surface area contributed by atoms with Gasteiger partial charge in [-0.2, -0.15) is 5.10 Å². The Kier molecular flexibility index (Phi) is 5.11. The van der Waals surface area contributed by atoms with E-state index in [0.29, 0.717) is 15.1 Å². The summed E-state index contributed by atoms with van der Waals surface area (Å²) in [6, 6.07) is 13.5. The molecular formula is C19H16Cl3N3S. The summed E-state index contributed by atoms with van der Waals surface area (Å²) < 4.78 is 1.90. The standard InChI is InChI=1S/C19H16Cl3N3S/c1-25-19-16(17(24-25)11-2-4-12(20)5-3-11)18(26-9-8-23-19)14-7-6-13(21)10-15(14)22/h2-7,10,18,23H,8-9H2,1H3. The summed E-state index contributed by atoms with van der Waals surface area (Å²) in [6.07, 6.45) is 0. The van der Waals surface area contributed by atoms with Crippen molar-refractivity contribution in [2.45, 2.75) is 5.25 Å². The number of hydrogen-bond donors (Lipinski definition) is 1. The first-order chi connectivity index (χ1) is 12.5. The van der Waals surface area contributed by atoms with Crippen LogP contribution in [0.1, 0.15) is 16.4 Å². The molecule has 1 aliphatic heterocycles. The van der Waals surface area contributed by atoms with E-state index in [2.05, 4.69) is 5.32 Å². The fourth-order valence-corrected chi connectivity index (χ4v) is 5.15. The first-order valence-electron chi connectivity index (χ1n) is 8.18. The first-order valence-corrected chi connectivity index (χ1v) is 10.4. The maximum absolute atomic E-state index is 6.55. The predicted molar refractivity (Wildman–Crippen MR) is 113 cm³/mol. The molecule has 26 heavy (non-hydrogen) atoms. The average molecular weight is 425 g/mol. The van der Waals surface area contributed by atoms with Gasteiger partial charge in [0.15, 0.2) is 0 Å². The molecule has 3 nitrogen and oxygen atoms in total. The highest BCUT2D eigenvalue weighted by atomic mass is 35.5. The van der Waals surface area contributed by atoms with Gasteiger partial charge >= 0.3 is 0 Å². The van der Waals surface area contributed by atoms with Crippen LogP contribution in [-0.4, -0.2) is 22.1 Å². The van der Waals surface area contributed by atoms with Crippen molar-refractivity contribution >= 4 is 52.4 Å². The number of nitrogens with one attached hydrogen (secondary N) is 1. The van der Waals surface area contributed by atoms with Gasteiger partial charge in [-0.05, 0) is 29.8 Å². The minimum Gasteiger partial charge on any atom is -0.369 e. The number of rotatable bonds is 2. The molecule has 7 heteroatoms. The van der Waals surface area contributed by atoms with Gasteiger partial charge in [-0.25, -0.2) is 0 Å². The smallest absolute Gasteiger partial charge is 0.129 e. The van der Waals surface area contributed by atoms with E-state index in [1.165, 1.54) is 0 Å². The van der Waals surface area contributed by atoms with E-state index in [4.69, 9.17) is 39.9 Å². The zero-order valence-electron chi connectivity index (χ0n) is 14.0. The molecule has 0 bridgehead atoms. The third-order valence-electron chi connectivity index (χ3n) is 4.39. The van der Waals surface area contributed by atoms with E-state index < -0.39 is 0 Å². The first kappa shape index (κ1) is 18.1. The van der Waals surface area contributed by atoms with Crippen LogP contribution in [0.2, 0.25) is 15.1 Å². The lowest BCUT2D eigenvalue weighted by molar-refractivity contribution is 0.774. The Morgan fingerprint density at radius 3 is 2.54 bits per heavy atom. The van der Waals surface area contributed by atoms with Crippen LogP contribution in [-0.2, 0) is 7.05 Å². The molecule has 0 saturated carbocycles. The molecule has 134 valence electrons. The molecule has 3 aromatic rings.